The molecule has 0 atom stereocenters. The van der Waals surface area contributed by atoms with Crippen molar-refractivity contribution in [1.29, 1.82) is 0 Å². The van der Waals surface area contributed by atoms with Crippen molar-refractivity contribution in [3.8, 4) is 0 Å². The first-order chi connectivity index (χ1) is 13.2. The predicted molar refractivity (Wildman–Crippen MR) is 105 cm³/mol. The van der Waals surface area contributed by atoms with Crippen LogP contribution in [0.2, 0.25) is 0 Å². The average molecular weight is 385 g/mol. The highest BCUT2D eigenvalue weighted by Gasteiger charge is 2.13. The van der Waals surface area contributed by atoms with Crippen LogP contribution in [0.25, 0.3) is 0 Å². The molecule has 7 nitrogen and oxygen atoms in total. The monoisotopic (exact) mass is 385 g/mol. The number of benzene rings is 1. The quantitative estimate of drug-likeness (QED) is 0.550. The number of hydrogen-bond acceptors (Lipinski definition) is 6. The number of amides is 1. The summed E-state index contributed by atoms with van der Waals surface area (Å²) in [6.07, 6.45) is 1.59. The molecule has 0 aliphatic carbocycles. The molecule has 2 aromatic heterocycles. The zero-order valence-electron chi connectivity index (χ0n) is 15.4. The number of thioether (sulfide) groups is 1. The molecule has 1 aromatic carbocycles. The molecule has 0 fully saturated rings. The van der Waals surface area contributed by atoms with Crippen molar-refractivity contribution in [3.05, 3.63) is 59.8 Å². The van der Waals surface area contributed by atoms with Crippen molar-refractivity contribution >= 4 is 23.4 Å². The van der Waals surface area contributed by atoms with E-state index in [4.69, 9.17) is 4.42 Å². The van der Waals surface area contributed by atoms with E-state index in [2.05, 4.69) is 39.9 Å². The Kier molecular flexibility index (Phi) is 6.54. The van der Waals surface area contributed by atoms with E-state index in [9.17, 15) is 4.79 Å². The summed E-state index contributed by atoms with van der Waals surface area (Å²) in [6, 6.07) is 11.8. The van der Waals surface area contributed by atoms with E-state index in [-0.39, 0.29) is 11.7 Å². The van der Waals surface area contributed by atoms with Crippen LogP contribution in [0.3, 0.4) is 0 Å². The largest absolute Gasteiger partial charge is 0.467 e. The van der Waals surface area contributed by atoms with E-state index in [0.717, 1.165) is 29.0 Å². The molecule has 0 spiro atoms. The zero-order chi connectivity index (χ0) is 19.1. The maximum absolute atomic E-state index is 12.0. The molecule has 0 aliphatic heterocycles. The Morgan fingerprint density at radius 2 is 2.00 bits per heavy atom. The number of furan rings is 1. The third-order valence-electron chi connectivity index (χ3n) is 3.98. The first kappa shape index (κ1) is 19.0. The minimum absolute atomic E-state index is 0.0682. The number of rotatable bonds is 9. The molecular weight excluding hydrogens is 362 g/mol. The molecule has 3 aromatic rings. The average Bonchev–Trinajstić information content (AvgIpc) is 3.33. The van der Waals surface area contributed by atoms with Crippen LogP contribution in [0.15, 0.2) is 52.2 Å². The summed E-state index contributed by atoms with van der Waals surface area (Å²) in [5, 5.41) is 15.4. The highest BCUT2D eigenvalue weighted by molar-refractivity contribution is 7.99. The Morgan fingerprint density at radius 3 is 2.70 bits per heavy atom. The van der Waals surface area contributed by atoms with E-state index in [0.29, 0.717) is 13.1 Å². The predicted octanol–water partition coefficient (Wildman–Crippen LogP) is 3.22. The van der Waals surface area contributed by atoms with E-state index in [1.54, 1.807) is 12.3 Å². The number of nitrogens with zero attached hydrogens (tertiary/aromatic N) is 3. The van der Waals surface area contributed by atoms with Gasteiger partial charge in [-0.25, -0.2) is 0 Å². The summed E-state index contributed by atoms with van der Waals surface area (Å²) in [4.78, 5) is 12.0. The van der Waals surface area contributed by atoms with Crippen molar-refractivity contribution < 1.29 is 9.21 Å². The molecule has 0 radical (unpaired) electrons. The van der Waals surface area contributed by atoms with Gasteiger partial charge in [0.25, 0.3) is 0 Å². The van der Waals surface area contributed by atoms with Gasteiger partial charge in [0, 0.05) is 12.2 Å². The van der Waals surface area contributed by atoms with Crippen LogP contribution in [-0.2, 0) is 24.4 Å². The number of anilines is 1. The van der Waals surface area contributed by atoms with E-state index in [1.165, 1.54) is 17.3 Å². The van der Waals surface area contributed by atoms with E-state index < -0.39 is 0 Å². The van der Waals surface area contributed by atoms with Crippen LogP contribution < -0.4 is 10.6 Å². The third-order valence-corrected chi connectivity index (χ3v) is 4.95. The highest BCUT2D eigenvalue weighted by Crippen LogP contribution is 2.18. The first-order valence-electron chi connectivity index (χ1n) is 8.80. The number of carbonyl (C=O) groups excluding carboxylic acids is 1. The van der Waals surface area contributed by atoms with Gasteiger partial charge in [-0.05, 0) is 38.1 Å². The second-order valence-corrected chi connectivity index (χ2v) is 6.95. The number of carbonyl (C=O) groups is 1. The SMILES string of the molecule is CCn1c(CNc2ccc(C)cc2)nnc1SCC(=O)NCc1ccco1. The fourth-order valence-electron chi connectivity index (χ4n) is 2.51. The summed E-state index contributed by atoms with van der Waals surface area (Å²) in [5.74, 6) is 1.79. The van der Waals surface area contributed by atoms with Gasteiger partial charge in [0.2, 0.25) is 5.91 Å². The Balaban J connectivity index is 1.51. The van der Waals surface area contributed by atoms with Gasteiger partial charge < -0.3 is 19.6 Å². The maximum atomic E-state index is 12.0. The van der Waals surface area contributed by atoms with Gasteiger partial charge in [0.1, 0.15) is 5.76 Å². The smallest absolute Gasteiger partial charge is 0.230 e. The lowest BCUT2D eigenvalue weighted by atomic mass is 10.2. The summed E-state index contributed by atoms with van der Waals surface area (Å²) in [6.45, 7) is 5.81. The second kappa shape index (κ2) is 9.27. The molecule has 0 saturated heterocycles. The van der Waals surface area contributed by atoms with Crippen LogP contribution >= 0.6 is 11.8 Å². The molecule has 27 heavy (non-hydrogen) atoms. The number of aryl methyl sites for hydroxylation is 1. The van der Waals surface area contributed by atoms with Gasteiger partial charge in [-0.3, -0.25) is 4.79 Å². The Labute approximate surface area is 162 Å². The molecule has 1 amide bonds. The molecule has 0 bridgehead atoms. The van der Waals surface area contributed by atoms with Crippen LogP contribution in [0, 0.1) is 6.92 Å². The third kappa shape index (κ3) is 5.37. The maximum Gasteiger partial charge on any atom is 0.230 e. The fraction of sp³-hybridized carbons (Fsp3) is 0.316. The van der Waals surface area contributed by atoms with Crippen LogP contribution in [0.5, 0.6) is 0 Å². The van der Waals surface area contributed by atoms with Gasteiger partial charge in [-0.2, -0.15) is 0 Å². The second-order valence-electron chi connectivity index (χ2n) is 6.01. The van der Waals surface area contributed by atoms with Crippen molar-refractivity contribution in [2.75, 3.05) is 11.1 Å². The van der Waals surface area contributed by atoms with E-state index in [1.807, 2.05) is 29.7 Å². The molecule has 0 unspecified atom stereocenters. The number of nitrogens with one attached hydrogen (secondary N) is 2. The van der Waals surface area contributed by atoms with Crippen molar-refractivity contribution in [3.63, 3.8) is 0 Å². The first-order valence-corrected chi connectivity index (χ1v) is 9.78. The lowest BCUT2D eigenvalue weighted by Crippen LogP contribution is -2.24. The molecule has 2 N–H and O–H groups in total. The molecular formula is C19H23N5O2S. The molecule has 0 saturated carbocycles. The summed E-state index contributed by atoms with van der Waals surface area (Å²) < 4.78 is 7.22. The van der Waals surface area contributed by atoms with Crippen LogP contribution in [0.1, 0.15) is 24.1 Å². The van der Waals surface area contributed by atoms with Crippen molar-refractivity contribution in [1.82, 2.24) is 20.1 Å². The van der Waals surface area contributed by atoms with Gasteiger partial charge in [0.15, 0.2) is 11.0 Å². The standard InChI is InChI=1S/C19H23N5O2S/c1-3-24-17(12-20-15-8-6-14(2)7-9-15)22-23-19(24)27-13-18(25)21-11-16-5-4-10-26-16/h4-10,20H,3,11-13H2,1-2H3,(H,21,25). The molecule has 2 heterocycles. The Bertz CT molecular complexity index is 859. The summed E-state index contributed by atoms with van der Waals surface area (Å²) in [7, 11) is 0. The van der Waals surface area contributed by atoms with Crippen LogP contribution in [0.4, 0.5) is 5.69 Å². The molecule has 3 rings (SSSR count). The van der Waals surface area contributed by atoms with Crippen molar-refractivity contribution in [2.45, 2.75) is 38.6 Å². The van der Waals surface area contributed by atoms with Crippen LogP contribution in [-0.4, -0.2) is 26.4 Å². The lowest BCUT2D eigenvalue weighted by molar-refractivity contribution is -0.118. The minimum atomic E-state index is -0.0682. The fourth-order valence-corrected chi connectivity index (χ4v) is 3.36. The molecule has 0 aliphatic rings. The van der Waals surface area contributed by atoms with Crippen molar-refractivity contribution in [2.24, 2.45) is 0 Å². The van der Waals surface area contributed by atoms with Gasteiger partial charge in [-0.15, -0.1) is 10.2 Å². The molecule has 142 valence electrons. The molecule has 8 heteroatoms. The van der Waals surface area contributed by atoms with Gasteiger partial charge in [-0.1, -0.05) is 29.5 Å². The summed E-state index contributed by atoms with van der Waals surface area (Å²) in [5.41, 5.74) is 2.26. The lowest BCUT2D eigenvalue weighted by Gasteiger charge is -2.09. The van der Waals surface area contributed by atoms with Gasteiger partial charge in [0.05, 0.1) is 25.1 Å². The Morgan fingerprint density at radius 1 is 1.19 bits per heavy atom. The van der Waals surface area contributed by atoms with E-state index >= 15 is 0 Å². The van der Waals surface area contributed by atoms with Gasteiger partial charge >= 0.3 is 0 Å². The zero-order valence-corrected chi connectivity index (χ0v) is 16.3. The summed E-state index contributed by atoms with van der Waals surface area (Å²) >= 11 is 1.38. The number of aromatic nitrogens is 3. The number of hydrogen-bond donors (Lipinski definition) is 2. The Hall–Kier alpha value is -2.74. The topological polar surface area (TPSA) is 85.0 Å². The highest BCUT2D eigenvalue weighted by atomic mass is 32.2. The normalized spacial score (nSPS) is 10.7. The minimum Gasteiger partial charge on any atom is -0.467 e.